The highest BCUT2D eigenvalue weighted by atomic mass is 32.2. The number of rotatable bonds is 9. The lowest BCUT2D eigenvalue weighted by atomic mass is 10.1. The number of nitrogens with zero attached hydrogens (tertiary/aromatic N) is 3. The Hall–Kier alpha value is -4.02. The molecular formula is C22H20N4O7S2. The van der Waals surface area contributed by atoms with Crippen molar-refractivity contribution in [2.75, 3.05) is 18.2 Å². The number of hydrogen-bond donors (Lipinski definition) is 1. The first kappa shape index (κ1) is 25.6. The molecule has 0 saturated carbocycles. The summed E-state index contributed by atoms with van der Waals surface area (Å²) in [7, 11) is -2.26. The number of aromatic nitrogens is 2. The second-order valence-electron chi connectivity index (χ2n) is 7.45. The summed E-state index contributed by atoms with van der Waals surface area (Å²) in [6, 6.07) is 9.20. The number of benzene rings is 1. The van der Waals surface area contributed by atoms with Gasteiger partial charge in [-0.1, -0.05) is 31.3 Å². The van der Waals surface area contributed by atoms with Gasteiger partial charge in [-0.05, 0) is 41.8 Å². The molecule has 2 heterocycles. The Bertz CT molecular complexity index is 1400. The van der Waals surface area contributed by atoms with Crippen molar-refractivity contribution in [1.82, 2.24) is 10.2 Å². The Morgan fingerprint density at radius 3 is 2.66 bits per heavy atom. The lowest BCUT2D eigenvalue weighted by Crippen LogP contribution is -2.13. The maximum atomic E-state index is 12.6. The number of anilines is 1. The van der Waals surface area contributed by atoms with Crippen LogP contribution in [-0.2, 0) is 14.6 Å². The van der Waals surface area contributed by atoms with Crippen LogP contribution in [0.3, 0.4) is 0 Å². The Morgan fingerprint density at radius 2 is 2.03 bits per heavy atom. The number of sulfone groups is 1. The van der Waals surface area contributed by atoms with Crippen LogP contribution < -0.4 is 14.8 Å². The fourth-order valence-electron chi connectivity index (χ4n) is 2.78. The van der Waals surface area contributed by atoms with Gasteiger partial charge in [0.25, 0.3) is 5.91 Å². The van der Waals surface area contributed by atoms with E-state index in [-0.39, 0.29) is 44.0 Å². The third kappa shape index (κ3) is 6.52. The number of carbonyl (C=O) groups is 2. The van der Waals surface area contributed by atoms with Crippen LogP contribution in [-0.4, -0.2) is 43.4 Å². The number of ether oxygens (including phenoxy) is 2. The van der Waals surface area contributed by atoms with Gasteiger partial charge in [0.05, 0.1) is 19.1 Å². The van der Waals surface area contributed by atoms with Crippen molar-refractivity contribution in [2.24, 2.45) is 5.92 Å². The van der Waals surface area contributed by atoms with Gasteiger partial charge in [-0.2, -0.15) is 5.26 Å². The quantitative estimate of drug-likeness (QED) is 0.147. The minimum Gasteiger partial charge on any atom is -0.493 e. The molecule has 1 aromatic carbocycles. The highest BCUT2D eigenvalue weighted by Gasteiger charge is 2.23. The predicted octanol–water partition coefficient (Wildman–Crippen LogP) is 3.33. The zero-order chi connectivity index (χ0) is 25.6. The van der Waals surface area contributed by atoms with Crippen LogP contribution in [0, 0.1) is 17.2 Å². The van der Waals surface area contributed by atoms with E-state index in [1.54, 1.807) is 26.0 Å². The summed E-state index contributed by atoms with van der Waals surface area (Å²) in [6.07, 6.45) is 2.62. The van der Waals surface area contributed by atoms with Gasteiger partial charge in [0, 0.05) is 0 Å². The average molecular weight is 517 g/mol. The second-order valence-corrected chi connectivity index (χ2v) is 10.6. The highest BCUT2D eigenvalue weighted by molar-refractivity contribution is 7.93. The topological polar surface area (TPSA) is 161 Å². The first-order valence-electron chi connectivity index (χ1n) is 10.1. The molecule has 0 aliphatic heterocycles. The largest absolute Gasteiger partial charge is 0.493 e. The van der Waals surface area contributed by atoms with Crippen LogP contribution in [0.2, 0.25) is 0 Å². The molecule has 35 heavy (non-hydrogen) atoms. The summed E-state index contributed by atoms with van der Waals surface area (Å²) in [5, 5.41) is 19.1. The van der Waals surface area contributed by atoms with Crippen molar-refractivity contribution in [3.63, 3.8) is 0 Å². The highest BCUT2D eigenvalue weighted by Crippen LogP contribution is 2.30. The number of hydrogen-bond acceptors (Lipinski definition) is 11. The zero-order valence-electron chi connectivity index (χ0n) is 18.8. The van der Waals surface area contributed by atoms with E-state index in [1.165, 1.54) is 43.7 Å². The normalized spacial score (nSPS) is 11.7. The molecule has 0 aliphatic carbocycles. The molecule has 182 valence electrons. The van der Waals surface area contributed by atoms with Crippen molar-refractivity contribution in [1.29, 1.82) is 5.26 Å². The van der Waals surface area contributed by atoms with Gasteiger partial charge in [-0.3, -0.25) is 10.1 Å². The summed E-state index contributed by atoms with van der Waals surface area (Å²) >= 11 is 0.702. The molecule has 1 N–H and O–H groups in total. The van der Waals surface area contributed by atoms with Crippen LogP contribution >= 0.6 is 11.3 Å². The Labute approximate surface area is 204 Å². The second kappa shape index (κ2) is 10.9. The van der Waals surface area contributed by atoms with Gasteiger partial charge in [-0.15, -0.1) is 10.2 Å². The molecule has 3 rings (SSSR count). The summed E-state index contributed by atoms with van der Waals surface area (Å²) in [6.45, 7) is 3.52. The maximum Gasteiger partial charge on any atom is 0.379 e. The van der Waals surface area contributed by atoms with E-state index in [0.717, 1.165) is 0 Å². The van der Waals surface area contributed by atoms with Crippen molar-refractivity contribution in [3.05, 3.63) is 53.5 Å². The van der Waals surface area contributed by atoms with Gasteiger partial charge in [-0.25, -0.2) is 13.2 Å². The number of nitrogens with one attached hydrogen (secondary N) is 1. The van der Waals surface area contributed by atoms with Gasteiger partial charge in [0.15, 0.2) is 11.5 Å². The van der Waals surface area contributed by atoms with E-state index in [2.05, 4.69) is 15.5 Å². The molecule has 0 radical (unpaired) electrons. The standard InChI is InChI=1S/C22H20N4O7S2/c1-13(2)12-35(29,30)22-26-25-21(34-22)24-19(27)15(11-23)9-14-6-7-16(18(10-14)31-3)33-20(28)17-5-4-8-32-17/h4-10,13H,12H2,1-3H3,(H,24,25,27). The smallest absolute Gasteiger partial charge is 0.379 e. The van der Waals surface area contributed by atoms with E-state index < -0.39 is 21.7 Å². The van der Waals surface area contributed by atoms with E-state index in [0.29, 0.717) is 16.9 Å². The molecule has 0 saturated heterocycles. The molecule has 1 amide bonds. The molecule has 0 spiro atoms. The van der Waals surface area contributed by atoms with Gasteiger partial charge < -0.3 is 13.9 Å². The molecule has 2 aromatic heterocycles. The fourth-order valence-corrected chi connectivity index (χ4v) is 5.39. The minimum atomic E-state index is -3.63. The third-order valence-electron chi connectivity index (χ3n) is 4.23. The van der Waals surface area contributed by atoms with E-state index in [1.807, 2.05) is 0 Å². The number of amides is 1. The number of esters is 1. The molecule has 0 atom stereocenters. The Balaban J connectivity index is 1.76. The molecule has 13 heteroatoms. The van der Waals surface area contributed by atoms with Crippen LogP contribution in [0.15, 0.2) is 50.9 Å². The van der Waals surface area contributed by atoms with Crippen LogP contribution in [0.25, 0.3) is 6.08 Å². The van der Waals surface area contributed by atoms with Crippen molar-refractivity contribution < 1.29 is 31.9 Å². The monoisotopic (exact) mass is 516 g/mol. The summed E-state index contributed by atoms with van der Waals surface area (Å²) < 4.78 is 39.8. The molecule has 3 aromatic rings. The number of furan rings is 1. The lowest BCUT2D eigenvalue weighted by molar-refractivity contribution is -0.112. The maximum absolute atomic E-state index is 12.6. The van der Waals surface area contributed by atoms with Crippen molar-refractivity contribution >= 4 is 44.3 Å². The van der Waals surface area contributed by atoms with E-state index >= 15 is 0 Å². The fraction of sp³-hybridized carbons (Fsp3) is 0.227. The first-order valence-corrected chi connectivity index (χ1v) is 12.5. The third-order valence-corrected chi connectivity index (χ3v) is 7.60. The number of nitriles is 1. The zero-order valence-corrected chi connectivity index (χ0v) is 20.5. The first-order chi connectivity index (χ1) is 16.6. The van der Waals surface area contributed by atoms with Gasteiger partial charge in [0.1, 0.15) is 11.6 Å². The lowest BCUT2D eigenvalue weighted by Gasteiger charge is -2.09. The summed E-state index contributed by atoms with van der Waals surface area (Å²) in [4.78, 5) is 24.7. The molecular weight excluding hydrogens is 496 g/mol. The molecule has 11 nitrogen and oxygen atoms in total. The SMILES string of the molecule is COc1cc(C=C(C#N)C(=O)Nc2nnc(S(=O)(=O)CC(C)C)s2)ccc1OC(=O)c1ccco1. The van der Waals surface area contributed by atoms with Crippen molar-refractivity contribution in [3.8, 4) is 17.6 Å². The number of carbonyl (C=O) groups excluding carboxylic acids is 2. The van der Waals surface area contributed by atoms with Crippen LogP contribution in [0.5, 0.6) is 11.5 Å². The molecule has 0 unspecified atom stereocenters. The predicted molar refractivity (Wildman–Crippen MR) is 126 cm³/mol. The minimum absolute atomic E-state index is 0.0105. The average Bonchev–Trinajstić information content (AvgIpc) is 3.50. The number of methoxy groups -OCH3 is 1. The summed E-state index contributed by atoms with van der Waals surface area (Å²) in [5.41, 5.74) is 0.123. The molecule has 0 bridgehead atoms. The van der Waals surface area contributed by atoms with E-state index in [9.17, 15) is 23.3 Å². The Morgan fingerprint density at radius 1 is 1.26 bits per heavy atom. The Kier molecular flexibility index (Phi) is 8.00. The van der Waals surface area contributed by atoms with Crippen molar-refractivity contribution in [2.45, 2.75) is 18.2 Å². The summed E-state index contributed by atoms with van der Waals surface area (Å²) in [5.74, 6) is -1.43. The van der Waals surface area contributed by atoms with Gasteiger partial charge in [0.2, 0.25) is 25.1 Å². The molecule has 0 aliphatic rings. The molecule has 0 fully saturated rings. The van der Waals surface area contributed by atoms with Crippen LogP contribution in [0.1, 0.15) is 30.0 Å². The van der Waals surface area contributed by atoms with Crippen LogP contribution in [0.4, 0.5) is 5.13 Å². The van der Waals surface area contributed by atoms with Gasteiger partial charge >= 0.3 is 5.97 Å². The van der Waals surface area contributed by atoms with E-state index in [4.69, 9.17) is 13.9 Å².